The zero-order valence-corrected chi connectivity index (χ0v) is 12.6. The average molecular weight is 294 g/mol. The largest absolute Gasteiger partial charge is 0.309 e. The molecule has 1 aromatic heterocycles. The Bertz CT molecular complexity index is 720. The van der Waals surface area contributed by atoms with Gasteiger partial charge in [-0.2, -0.15) is 10.4 Å². The number of rotatable bonds is 3. The second-order valence-corrected chi connectivity index (χ2v) is 5.45. The molecular weight excluding hydrogens is 276 g/mol. The van der Waals surface area contributed by atoms with Crippen LogP contribution in [0.3, 0.4) is 0 Å². The Morgan fingerprint density at radius 3 is 2.82 bits per heavy atom. The lowest BCUT2D eigenvalue weighted by Crippen LogP contribution is -2.12. The van der Waals surface area contributed by atoms with Crippen LogP contribution in [-0.4, -0.2) is 20.5 Å². The van der Waals surface area contributed by atoms with Crippen molar-refractivity contribution in [1.82, 2.24) is 14.8 Å². The SMILES string of the molecule is Cc1ccc(N/N=C(\C#N)c2nnc3n2CCCCC3)cc1. The summed E-state index contributed by atoms with van der Waals surface area (Å²) in [5.41, 5.74) is 5.20. The van der Waals surface area contributed by atoms with E-state index in [0.717, 1.165) is 37.3 Å². The molecule has 22 heavy (non-hydrogen) atoms. The zero-order valence-electron chi connectivity index (χ0n) is 12.6. The number of aromatic nitrogens is 3. The van der Waals surface area contributed by atoms with Crippen molar-refractivity contribution >= 4 is 11.4 Å². The van der Waals surface area contributed by atoms with Crippen molar-refractivity contribution < 1.29 is 0 Å². The van der Waals surface area contributed by atoms with E-state index in [4.69, 9.17) is 0 Å². The monoisotopic (exact) mass is 294 g/mol. The quantitative estimate of drug-likeness (QED) is 0.697. The molecule has 1 aromatic carbocycles. The fourth-order valence-electron chi connectivity index (χ4n) is 2.53. The molecule has 3 rings (SSSR count). The van der Waals surface area contributed by atoms with Gasteiger partial charge in [-0.15, -0.1) is 10.2 Å². The van der Waals surface area contributed by atoms with Crippen molar-refractivity contribution in [2.24, 2.45) is 5.10 Å². The lowest BCUT2D eigenvalue weighted by atomic mass is 10.2. The van der Waals surface area contributed by atoms with Gasteiger partial charge in [0.25, 0.3) is 0 Å². The van der Waals surface area contributed by atoms with Crippen LogP contribution >= 0.6 is 0 Å². The molecule has 0 saturated heterocycles. The number of benzene rings is 1. The maximum atomic E-state index is 9.39. The second-order valence-electron chi connectivity index (χ2n) is 5.45. The van der Waals surface area contributed by atoms with Gasteiger partial charge in [0.1, 0.15) is 11.9 Å². The first-order valence-electron chi connectivity index (χ1n) is 7.51. The highest BCUT2D eigenvalue weighted by Crippen LogP contribution is 2.15. The van der Waals surface area contributed by atoms with Crippen LogP contribution in [0.4, 0.5) is 5.69 Å². The molecule has 0 spiro atoms. The fraction of sp³-hybridized carbons (Fsp3) is 0.375. The smallest absolute Gasteiger partial charge is 0.205 e. The summed E-state index contributed by atoms with van der Waals surface area (Å²) in [4.78, 5) is 0. The van der Waals surface area contributed by atoms with Crippen molar-refractivity contribution in [3.63, 3.8) is 0 Å². The Labute approximate surface area is 129 Å². The third kappa shape index (κ3) is 2.98. The molecular formula is C16H18N6. The Balaban J connectivity index is 1.85. The number of fused-ring (bicyclic) bond motifs is 1. The van der Waals surface area contributed by atoms with E-state index in [2.05, 4.69) is 26.8 Å². The number of hydrogen-bond donors (Lipinski definition) is 1. The summed E-state index contributed by atoms with van der Waals surface area (Å²) in [6.07, 6.45) is 4.31. The van der Waals surface area contributed by atoms with E-state index in [1.54, 1.807) is 0 Å². The van der Waals surface area contributed by atoms with Gasteiger partial charge in [0, 0.05) is 13.0 Å². The van der Waals surface area contributed by atoms with Gasteiger partial charge < -0.3 is 4.57 Å². The van der Waals surface area contributed by atoms with Crippen LogP contribution in [0.1, 0.15) is 36.5 Å². The number of nitrogens with zero attached hydrogens (tertiary/aromatic N) is 5. The minimum atomic E-state index is 0.265. The van der Waals surface area contributed by atoms with Crippen LogP contribution in [-0.2, 0) is 13.0 Å². The van der Waals surface area contributed by atoms with E-state index in [-0.39, 0.29) is 5.71 Å². The highest BCUT2D eigenvalue weighted by molar-refractivity contribution is 6.09. The second kappa shape index (κ2) is 6.39. The molecule has 6 heteroatoms. The summed E-state index contributed by atoms with van der Waals surface area (Å²) >= 11 is 0. The third-order valence-corrected chi connectivity index (χ3v) is 3.78. The number of hydrazone groups is 1. The van der Waals surface area contributed by atoms with Crippen LogP contribution in [0.15, 0.2) is 29.4 Å². The number of hydrogen-bond acceptors (Lipinski definition) is 5. The molecule has 1 aliphatic rings. The topological polar surface area (TPSA) is 78.9 Å². The molecule has 2 heterocycles. The number of nitriles is 1. The Kier molecular flexibility index (Phi) is 4.15. The van der Waals surface area contributed by atoms with Gasteiger partial charge in [-0.05, 0) is 31.9 Å². The Morgan fingerprint density at radius 1 is 1.23 bits per heavy atom. The van der Waals surface area contributed by atoms with Crippen molar-refractivity contribution in [3.8, 4) is 6.07 Å². The van der Waals surface area contributed by atoms with Gasteiger partial charge in [0.05, 0.1) is 5.69 Å². The van der Waals surface area contributed by atoms with Crippen molar-refractivity contribution in [1.29, 1.82) is 5.26 Å². The lowest BCUT2D eigenvalue weighted by molar-refractivity contribution is 0.628. The van der Waals surface area contributed by atoms with Crippen LogP contribution in [0, 0.1) is 18.3 Å². The maximum absolute atomic E-state index is 9.39. The van der Waals surface area contributed by atoms with E-state index < -0.39 is 0 Å². The first-order chi connectivity index (χ1) is 10.8. The minimum absolute atomic E-state index is 0.265. The van der Waals surface area contributed by atoms with Gasteiger partial charge in [0.15, 0.2) is 5.82 Å². The Hall–Kier alpha value is -2.68. The average Bonchev–Trinajstić information content (AvgIpc) is 2.79. The lowest BCUT2D eigenvalue weighted by Gasteiger charge is -2.06. The predicted octanol–water partition coefficient (Wildman–Crippen LogP) is 2.65. The molecule has 1 N–H and O–H groups in total. The predicted molar refractivity (Wildman–Crippen MR) is 84.5 cm³/mol. The molecule has 0 bridgehead atoms. The van der Waals surface area contributed by atoms with E-state index in [1.807, 2.05) is 35.8 Å². The molecule has 0 saturated carbocycles. The number of aryl methyl sites for hydroxylation is 2. The van der Waals surface area contributed by atoms with Crippen LogP contribution in [0.25, 0.3) is 0 Å². The summed E-state index contributed by atoms with van der Waals surface area (Å²) in [5, 5.41) is 22.0. The summed E-state index contributed by atoms with van der Waals surface area (Å²) in [7, 11) is 0. The molecule has 0 fully saturated rings. The standard InChI is InChI=1S/C16H18N6/c1-12-6-8-13(9-7-12)18-19-14(11-17)16-21-20-15-5-3-2-4-10-22(15)16/h6-9,18H,2-5,10H2,1H3/b19-14+. The highest BCUT2D eigenvalue weighted by atomic mass is 15.3. The van der Waals surface area contributed by atoms with Gasteiger partial charge in [-0.3, -0.25) is 5.43 Å². The van der Waals surface area contributed by atoms with Gasteiger partial charge in [-0.1, -0.05) is 24.1 Å². The fourth-order valence-corrected chi connectivity index (χ4v) is 2.53. The number of anilines is 1. The summed E-state index contributed by atoms with van der Waals surface area (Å²) in [5.74, 6) is 1.50. The third-order valence-electron chi connectivity index (χ3n) is 3.78. The van der Waals surface area contributed by atoms with E-state index in [1.165, 1.54) is 12.0 Å². The molecule has 0 atom stereocenters. The van der Waals surface area contributed by atoms with E-state index in [0.29, 0.717) is 5.82 Å². The normalized spacial score (nSPS) is 14.8. The summed E-state index contributed by atoms with van der Waals surface area (Å²) in [6.45, 7) is 2.88. The van der Waals surface area contributed by atoms with Gasteiger partial charge >= 0.3 is 0 Å². The van der Waals surface area contributed by atoms with Gasteiger partial charge in [0.2, 0.25) is 5.71 Å². The number of nitrogens with one attached hydrogen (secondary N) is 1. The van der Waals surface area contributed by atoms with Crippen molar-refractivity contribution in [3.05, 3.63) is 41.5 Å². The summed E-state index contributed by atoms with van der Waals surface area (Å²) in [6, 6.07) is 9.96. The molecule has 1 aliphatic heterocycles. The first-order valence-corrected chi connectivity index (χ1v) is 7.51. The van der Waals surface area contributed by atoms with Crippen LogP contribution in [0.5, 0.6) is 0 Å². The van der Waals surface area contributed by atoms with E-state index in [9.17, 15) is 5.26 Å². The minimum Gasteiger partial charge on any atom is -0.309 e. The highest BCUT2D eigenvalue weighted by Gasteiger charge is 2.18. The van der Waals surface area contributed by atoms with Crippen molar-refractivity contribution in [2.75, 3.05) is 5.43 Å². The molecule has 2 aromatic rings. The van der Waals surface area contributed by atoms with Crippen LogP contribution < -0.4 is 5.43 Å². The molecule has 0 unspecified atom stereocenters. The van der Waals surface area contributed by atoms with E-state index >= 15 is 0 Å². The van der Waals surface area contributed by atoms with Crippen molar-refractivity contribution in [2.45, 2.75) is 39.2 Å². The molecule has 6 nitrogen and oxygen atoms in total. The molecule has 112 valence electrons. The van der Waals surface area contributed by atoms with Gasteiger partial charge in [-0.25, -0.2) is 0 Å². The first kappa shape index (κ1) is 14.3. The molecule has 0 aliphatic carbocycles. The van der Waals surface area contributed by atoms with Crippen LogP contribution in [0.2, 0.25) is 0 Å². The molecule has 0 radical (unpaired) electrons. The maximum Gasteiger partial charge on any atom is 0.205 e. The summed E-state index contributed by atoms with van der Waals surface area (Å²) < 4.78 is 2.02. The zero-order chi connectivity index (χ0) is 15.4. The molecule has 0 amide bonds. The Morgan fingerprint density at radius 2 is 2.05 bits per heavy atom.